The van der Waals surface area contributed by atoms with Crippen LogP contribution >= 0.6 is 0 Å². The zero-order chi connectivity index (χ0) is 10.1. The van der Waals surface area contributed by atoms with Gasteiger partial charge in [-0.1, -0.05) is 13.3 Å². The third-order valence-electron chi connectivity index (χ3n) is 1.92. The maximum atomic E-state index is 10.5. The van der Waals surface area contributed by atoms with Gasteiger partial charge in [0.25, 0.3) is 0 Å². The van der Waals surface area contributed by atoms with Crippen molar-refractivity contribution in [1.82, 2.24) is 4.90 Å². The van der Waals surface area contributed by atoms with E-state index in [-0.39, 0.29) is 12.5 Å². The second-order valence-electron chi connectivity index (χ2n) is 3.14. The average Bonchev–Trinajstić information content (AvgIpc) is 2.09. The number of nitrogens with zero attached hydrogens (tertiary/aromatic N) is 1. The number of carbonyl (C=O) groups excluding carboxylic acids is 1. The second-order valence-corrected chi connectivity index (χ2v) is 3.14. The number of unbranched alkanes of at least 4 members (excludes halogenated alkanes) is 1. The number of primary amides is 1. The van der Waals surface area contributed by atoms with Crippen molar-refractivity contribution in [2.75, 3.05) is 26.2 Å². The van der Waals surface area contributed by atoms with Crippen LogP contribution in [-0.4, -0.2) is 42.2 Å². The monoisotopic (exact) mass is 188 g/mol. The summed E-state index contributed by atoms with van der Waals surface area (Å²) < 4.78 is 0. The van der Waals surface area contributed by atoms with E-state index in [0.717, 1.165) is 19.4 Å². The Labute approximate surface area is 79.7 Å². The Kier molecular flexibility index (Phi) is 7.63. The third kappa shape index (κ3) is 7.74. The normalized spacial score (nSPS) is 10.7. The van der Waals surface area contributed by atoms with E-state index in [4.69, 9.17) is 10.8 Å². The molecule has 0 heterocycles. The smallest absolute Gasteiger partial charge is 0.218 e. The molecule has 0 spiro atoms. The molecule has 0 aliphatic rings. The zero-order valence-corrected chi connectivity index (χ0v) is 8.33. The highest BCUT2D eigenvalue weighted by Gasteiger charge is 2.04. The van der Waals surface area contributed by atoms with Gasteiger partial charge < -0.3 is 15.7 Å². The van der Waals surface area contributed by atoms with E-state index in [1.54, 1.807) is 0 Å². The van der Waals surface area contributed by atoms with Gasteiger partial charge >= 0.3 is 0 Å². The molecule has 0 aromatic carbocycles. The fraction of sp³-hybridized carbons (Fsp3) is 0.889. The molecule has 0 aromatic rings. The van der Waals surface area contributed by atoms with Gasteiger partial charge in [0.15, 0.2) is 0 Å². The van der Waals surface area contributed by atoms with Crippen LogP contribution in [0.4, 0.5) is 0 Å². The molecule has 0 aliphatic heterocycles. The summed E-state index contributed by atoms with van der Waals surface area (Å²) in [5, 5.41) is 8.74. The number of hydrogen-bond donors (Lipinski definition) is 2. The van der Waals surface area contributed by atoms with Gasteiger partial charge in [-0.2, -0.15) is 0 Å². The summed E-state index contributed by atoms with van der Waals surface area (Å²) in [5.74, 6) is -0.278. The van der Waals surface area contributed by atoms with Crippen LogP contribution < -0.4 is 5.73 Å². The van der Waals surface area contributed by atoms with E-state index in [1.165, 1.54) is 0 Å². The van der Waals surface area contributed by atoms with E-state index < -0.39 is 0 Å². The average molecular weight is 188 g/mol. The van der Waals surface area contributed by atoms with Crippen molar-refractivity contribution >= 4 is 5.91 Å². The molecular formula is C9H20N2O2. The highest BCUT2D eigenvalue weighted by molar-refractivity contribution is 5.73. The van der Waals surface area contributed by atoms with Crippen molar-refractivity contribution in [3.63, 3.8) is 0 Å². The minimum absolute atomic E-state index is 0.141. The van der Waals surface area contributed by atoms with Gasteiger partial charge in [-0.25, -0.2) is 0 Å². The molecule has 0 bridgehead atoms. The van der Waals surface area contributed by atoms with Crippen molar-refractivity contribution in [2.45, 2.75) is 26.2 Å². The van der Waals surface area contributed by atoms with Crippen LogP contribution in [0.15, 0.2) is 0 Å². The van der Waals surface area contributed by atoms with Gasteiger partial charge in [0.2, 0.25) is 5.91 Å². The first-order chi connectivity index (χ1) is 6.20. The molecule has 0 saturated heterocycles. The van der Waals surface area contributed by atoms with E-state index >= 15 is 0 Å². The summed E-state index contributed by atoms with van der Waals surface area (Å²) in [6, 6.07) is 0. The molecule has 0 atom stereocenters. The van der Waals surface area contributed by atoms with Gasteiger partial charge in [0, 0.05) is 19.5 Å². The van der Waals surface area contributed by atoms with Crippen LogP contribution in [0.1, 0.15) is 26.2 Å². The molecule has 0 aliphatic carbocycles. The molecule has 13 heavy (non-hydrogen) atoms. The number of hydrogen-bond acceptors (Lipinski definition) is 3. The predicted molar refractivity (Wildman–Crippen MR) is 52.2 cm³/mol. The first-order valence-electron chi connectivity index (χ1n) is 4.82. The Morgan fingerprint density at radius 1 is 1.38 bits per heavy atom. The Balaban J connectivity index is 3.59. The predicted octanol–water partition coefficient (Wildman–Crippen LogP) is -0.0438. The van der Waals surface area contributed by atoms with Crippen LogP contribution in [-0.2, 0) is 4.79 Å². The van der Waals surface area contributed by atoms with Crippen molar-refractivity contribution in [1.29, 1.82) is 0 Å². The summed E-state index contributed by atoms with van der Waals surface area (Å²) in [5.41, 5.74) is 5.04. The summed E-state index contributed by atoms with van der Waals surface area (Å²) in [6.07, 6.45) is 2.60. The summed E-state index contributed by atoms with van der Waals surface area (Å²) >= 11 is 0. The summed E-state index contributed by atoms with van der Waals surface area (Å²) in [7, 11) is 0. The maximum Gasteiger partial charge on any atom is 0.218 e. The quantitative estimate of drug-likeness (QED) is 0.561. The third-order valence-corrected chi connectivity index (χ3v) is 1.92. The van der Waals surface area contributed by atoms with Gasteiger partial charge in [0.1, 0.15) is 0 Å². The van der Waals surface area contributed by atoms with Gasteiger partial charge in [0.05, 0.1) is 6.61 Å². The van der Waals surface area contributed by atoms with E-state index in [2.05, 4.69) is 11.8 Å². The first kappa shape index (κ1) is 12.4. The summed E-state index contributed by atoms with van der Waals surface area (Å²) in [6.45, 7) is 4.49. The lowest BCUT2D eigenvalue weighted by Gasteiger charge is -2.19. The minimum atomic E-state index is -0.278. The molecule has 0 saturated carbocycles. The Bertz CT molecular complexity index is 140. The molecule has 78 valence electrons. The van der Waals surface area contributed by atoms with Gasteiger partial charge in [-0.3, -0.25) is 4.79 Å². The van der Waals surface area contributed by atoms with Crippen molar-refractivity contribution in [3.8, 4) is 0 Å². The standard InChI is InChI=1S/C9H20N2O2/c1-2-3-5-11(7-8-12)6-4-9(10)13/h12H,2-8H2,1H3,(H2,10,13). The van der Waals surface area contributed by atoms with Crippen LogP contribution in [0, 0.1) is 0 Å². The molecule has 0 aromatic heterocycles. The van der Waals surface area contributed by atoms with Gasteiger partial charge in [-0.05, 0) is 13.0 Å². The first-order valence-corrected chi connectivity index (χ1v) is 4.82. The highest BCUT2D eigenvalue weighted by atomic mass is 16.3. The van der Waals surface area contributed by atoms with Crippen molar-refractivity contribution < 1.29 is 9.90 Å². The maximum absolute atomic E-state index is 10.5. The van der Waals surface area contributed by atoms with E-state index in [1.807, 2.05) is 0 Å². The summed E-state index contributed by atoms with van der Waals surface area (Å²) in [4.78, 5) is 12.6. The molecule has 0 radical (unpaired) electrons. The lowest BCUT2D eigenvalue weighted by Crippen LogP contribution is -2.31. The van der Waals surface area contributed by atoms with Crippen molar-refractivity contribution in [2.24, 2.45) is 5.73 Å². The number of nitrogens with two attached hydrogens (primary N) is 1. The minimum Gasteiger partial charge on any atom is -0.395 e. The number of aliphatic hydroxyl groups is 1. The van der Waals surface area contributed by atoms with E-state index in [0.29, 0.717) is 19.5 Å². The molecule has 1 amide bonds. The lowest BCUT2D eigenvalue weighted by atomic mass is 10.3. The Morgan fingerprint density at radius 3 is 2.54 bits per heavy atom. The molecule has 0 unspecified atom stereocenters. The van der Waals surface area contributed by atoms with Crippen LogP contribution in [0.25, 0.3) is 0 Å². The van der Waals surface area contributed by atoms with Crippen LogP contribution in [0.3, 0.4) is 0 Å². The number of amides is 1. The number of carbonyl (C=O) groups is 1. The molecular weight excluding hydrogens is 168 g/mol. The molecule has 0 rings (SSSR count). The molecule has 4 heteroatoms. The SMILES string of the molecule is CCCCN(CCO)CCC(N)=O. The zero-order valence-electron chi connectivity index (χ0n) is 8.33. The van der Waals surface area contributed by atoms with Crippen LogP contribution in [0.5, 0.6) is 0 Å². The van der Waals surface area contributed by atoms with Crippen LogP contribution in [0.2, 0.25) is 0 Å². The van der Waals surface area contributed by atoms with Crippen molar-refractivity contribution in [3.05, 3.63) is 0 Å². The topological polar surface area (TPSA) is 66.6 Å². The Hall–Kier alpha value is -0.610. The lowest BCUT2D eigenvalue weighted by molar-refractivity contribution is -0.118. The molecule has 4 nitrogen and oxygen atoms in total. The number of aliphatic hydroxyl groups excluding tert-OH is 1. The fourth-order valence-electron chi connectivity index (χ4n) is 1.13. The molecule has 3 N–H and O–H groups in total. The number of rotatable bonds is 8. The van der Waals surface area contributed by atoms with Gasteiger partial charge in [-0.15, -0.1) is 0 Å². The van der Waals surface area contributed by atoms with E-state index in [9.17, 15) is 4.79 Å². The fourth-order valence-corrected chi connectivity index (χ4v) is 1.13. The second kappa shape index (κ2) is 8.01. The largest absolute Gasteiger partial charge is 0.395 e. The molecule has 0 fully saturated rings. The Morgan fingerprint density at radius 2 is 2.08 bits per heavy atom. The highest BCUT2D eigenvalue weighted by Crippen LogP contribution is 1.95.